The van der Waals surface area contributed by atoms with E-state index < -0.39 is 0 Å². The summed E-state index contributed by atoms with van der Waals surface area (Å²) in [6.07, 6.45) is 5.26. The van der Waals surface area contributed by atoms with Crippen LogP contribution >= 0.6 is 25.0 Å². The molecule has 0 aliphatic carbocycles. The second-order valence-corrected chi connectivity index (χ2v) is 3.72. The van der Waals surface area contributed by atoms with Gasteiger partial charge in [-0.25, -0.2) is 0 Å². The predicted molar refractivity (Wildman–Crippen MR) is 67.4 cm³/mol. The first-order chi connectivity index (χ1) is 5.85. The average Bonchev–Trinajstić information content (AvgIpc) is 2.10. The molecule has 13 heavy (non-hydrogen) atoms. The van der Waals surface area contributed by atoms with Gasteiger partial charge in [-0.1, -0.05) is 26.7 Å². The van der Waals surface area contributed by atoms with E-state index in [-0.39, 0.29) is 12.4 Å². The van der Waals surface area contributed by atoms with Gasteiger partial charge in [0.15, 0.2) is 0 Å². The molecule has 82 valence electrons. The van der Waals surface area contributed by atoms with Crippen LogP contribution in [0, 0.1) is 0 Å². The number of hydrogen-bond donors (Lipinski definition) is 1. The Kier molecular flexibility index (Phi) is 15.6. The van der Waals surface area contributed by atoms with Crippen molar-refractivity contribution in [2.45, 2.75) is 39.5 Å². The maximum Gasteiger partial charge on any atom is 0.00698 e. The zero-order valence-corrected chi connectivity index (χ0v) is 10.7. The fourth-order valence-electron chi connectivity index (χ4n) is 1.24. The van der Waals surface area contributed by atoms with Gasteiger partial charge in [0.25, 0.3) is 0 Å². The highest BCUT2D eigenvalue weighted by atomic mass is 35.5. The monoisotopic (exact) mass is 225 g/mol. The lowest BCUT2D eigenvalue weighted by Gasteiger charge is -2.20. The van der Waals surface area contributed by atoms with Gasteiger partial charge in [0.05, 0.1) is 0 Å². The molecule has 0 N–H and O–H groups in total. The molecular weight excluding hydrogens is 202 g/mol. The molecule has 0 saturated heterocycles. The van der Waals surface area contributed by atoms with Gasteiger partial charge in [-0.2, -0.15) is 12.6 Å². The van der Waals surface area contributed by atoms with Crippen molar-refractivity contribution in [1.29, 1.82) is 0 Å². The van der Waals surface area contributed by atoms with E-state index in [4.69, 9.17) is 0 Å². The molecule has 0 radical (unpaired) electrons. The Balaban J connectivity index is 0. The summed E-state index contributed by atoms with van der Waals surface area (Å²) in [6.45, 7) is 8.18. The largest absolute Gasteiger partial charge is 0.303 e. The van der Waals surface area contributed by atoms with E-state index in [1.54, 1.807) is 0 Å². The van der Waals surface area contributed by atoms with Crippen molar-refractivity contribution >= 4 is 25.0 Å². The van der Waals surface area contributed by atoms with Crippen LogP contribution in [0.25, 0.3) is 0 Å². The maximum absolute atomic E-state index is 4.26. The zero-order valence-electron chi connectivity index (χ0n) is 8.96. The lowest BCUT2D eigenvalue weighted by molar-refractivity contribution is 0.281. The smallest absolute Gasteiger partial charge is 0.00698 e. The quantitative estimate of drug-likeness (QED) is 0.621. The summed E-state index contributed by atoms with van der Waals surface area (Å²) in [4.78, 5) is 2.53. The van der Waals surface area contributed by atoms with Gasteiger partial charge in [0.2, 0.25) is 0 Å². The van der Waals surface area contributed by atoms with E-state index in [9.17, 15) is 0 Å². The summed E-state index contributed by atoms with van der Waals surface area (Å²) in [5.41, 5.74) is 0. The number of thiol groups is 1. The number of halogens is 1. The van der Waals surface area contributed by atoms with Crippen LogP contribution in [0.3, 0.4) is 0 Å². The molecule has 0 unspecified atom stereocenters. The van der Waals surface area contributed by atoms with Crippen LogP contribution in [0.15, 0.2) is 0 Å². The molecule has 1 nitrogen and oxygen atoms in total. The Morgan fingerprint density at radius 2 is 1.38 bits per heavy atom. The first kappa shape index (κ1) is 16.0. The van der Waals surface area contributed by atoms with Gasteiger partial charge in [-0.3, -0.25) is 0 Å². The lowest BCUT2D eigenvalue weighted by Crippen LogP contribution is -2.28. The Bertz CT molecular complexity index is 83.0. The molecule has 0 aromatic rings. The van der Waals surface area contributed by atoms with E-state index in [0.717, 1.165) is 12.3 Å². The third-order valence-electron chi connectivity index (χ3n) is 2.07. The van der Waals surface area contributed by atoms with Crippen molar-refractivity contribution in [1.82, 2.24) is 4.90 Å². The van der Waals surface area contributed by atoms with Crippen LogP contribution in [0.5, 0.6) is 0 Å². The summed E-state index contributed by atoms with van der Waals surface area (Å²) in [5, 5.41) is 0. The highest BCUT2D eigenvalue weighted by Crippen LogP contribution is 1.98. The van der Waals surface area contributed by atoms with Crippen molar-refractivity contribution in [2.75, 3.05) is 25.4 Å². The van der Waals surface area contributed by atoms with Gasteiger partial charge >= 0.3 is 0 Å². The number of unbranched alkanes of at least 4 members (excludes halogenated alkanes) is 2. The van der Waals surface area contributed by atoms with E-state index in [1.165, 1.54) is 38.8 Å². The van der Waals surface area contributed by atoms with Crippen molar-refractivity contribution in [2.24, 2.45) is 0 Å². The van der Waals surface area contributed by atoms with Crippen LogP contribution in [-0.2, 0) is 0 Å². The molecule has 0 amide bonds. The highest BCUT2D eigenvalue weighted by Gasteiger charge is 2.00. The maximum atomic E-state index is 4.26. The number of nitrogens with zero attached hydrogens (tertiary/aromatic N) is 1. The van der Waals surface area contributed by atoms with Crippen LogP contribution < -0.4 is 0 Å². The SMILES string of the molecule is CCCCN(CCS)CCCC.Cl. The molecule has 0 spiro atoms. The number of rotatable bonds is 8. The Hall–Kier alpha value is 0.600. The molecule has 3 heteroatoms. The van der Waals surface area contributed by atoms with Crippen LogP contribution in [0.1, 0.15) is 39.5 Å². The van der Waals surface area contributed by atoms with Crippen LogP contribution in [-0.4, -0.2) is 30.3 Å². The topological polar surface area (TPSA) is 3.24 Å². The Morgan fingerprint density at radius 3 is 1.69 bits per heavy atom. The molecule has 0 fully saturated rings. The lowest BCUT2D eigenvalue weighted by atomic mass is 10.2. The van der Waals surface area contributed by atoms with E-state index in [2.05, 4.69) is 31.4 Å². The minimum atomic E-state index is 0. The van der Waals surface area contributed by atoms with E-state index in [0.29, 0.717) is 0 Å². The molecule has 0 heterocycles. The van der Waals surface area contributed by atoms with Gasteiger partial charge < -0.3 is 4.90 Å². The molecule has 0 saturated carbocycles. The second kappa shape index (κ2) is 12.6. The predicted octanol–water partition coefficient (Wildman–Crippen LogP) is 3.24. The number of hydrogen-bond acceptors (Lipinski definition) is 2. The van der Waals surface area contributed by atoms with Crippen molar-refractivity contribution in [3.05, 3.63) is 0 Å². The molecule has 0 bridgehead atoms. The third kappa shape index (κ3) is 10.5. The highest BCUT2D eigenvalue weighted by molar-refractivity contribution is 7.80. The standard InChI is InChI=1S/C10H23NS.ClH/c1-3-5-7-11(9-10-12)8-6-4-2;/h12H,3-10H2,1-2H3;1H. The summed E-state index contributed by atoms with van der Waals surface area (Å²) < 4.78 is 0. The molecular formula is C10H24ClNS. The van der Waals surface area contributed by atoms with Crippen molar-refractivity contribution in [3.8, 4) is 0 Å². The normalized spacial score (nSPS) is 10.2. The average molecular weight is 226 g/mol. The summed E-state index contributed by atoms with van der Waals surface area (Å²) >= 11 is 4.26. The Labute approximate surface area is 95.1 Å². The van der Waals surface area contributed by atoms with Gasteiger partial charge in [0.1, 0.15) is 0 Å². The summed E-state index contributed by atoms with van der Waals surface area (Å²) in [6, 6.07) is 0. The third-order valence-corrected chi connectivity index (χ3v) is 2.27. The second-order valence-electron chi connectivity index (χ2n) is 3.27. The van der Waals surface area contributed by atoms with Crippen LogP contribution in [0.2, 0.25) is 0 Å². The zero-order chi connectivity index (χ0) is 9.23. The van der Waals surface area contributed by atoms with Gasteiger partial charge in [0, 0.05) is 12.3 Å². The first-order valence-corrected chi connectivity index (χ1v) is 5.81. The molecule has 0 aromatic heterocycles. The van der Waals surface area contributed by atoms with Crippen molar-refractivity contribution in [3.63, 3.8) is 0 Å². The minimum Gasteiger partial charge on any atom is -0.303 e. The molecule has 0 rings (SSSR count). The fourth-order valence-corrected chi connectivity index (χ4v) is 1.52. The summed E-state index contributed by atoms with van der Waals surface area (Å²) in [7, 11) is 0. The van der Waals surface area contributed by atoms with Gasteiger partial charge in [-0.05, 0) is 25.9 Å². The minimum absolute atomic E-state index is 0. The van der Waals surface area contributed by atoms with Crippen LogP contribution in [0.4, 0.5) is 0 Å². The molecule has 0 aromatic carbocycles. The summed E-state index contributed by atoms with van der Waals surface area (Å²) in [5.74, 6) is 0.993. The van der Waals surface area contributed by atoms with Crippen molar-refractivity contribution < 1.29 is 0 Å². The van der Waals surface area contributed by atoms with E-state index in [1.807, 2.05) is 0 Å². The Morgan fingerprint density at radius 1 is 0.923 bits per heavy atom. The van der Waals surface area contributed by atoms with E-state index >= 15 is 0 Å². The van der Waals surface area contributed by atoms with Gasteiger partial charge in [-0.15, -0.1) is 12.4 Å². The molecule has 0 aliphatic rings. The molecule has 0 aliphatic heterocycles. The first-order valence-electron chi connectivity index (χ1n) is 5.18. The fraction of sp³-hybridized carbons (Fsp3) is 1.00. The molecule has 0 atom stereocenters.